The number of nitrogens with one attached hydrogen (secondary N) is 1. The maximum Gasteiger partial charge on any atom is 0.225 e. The molecule has 2 heterocycles. The third kappa shape index (κ3) is 5.99. The number of hydrogen-bond acceptors (Lipinski definition) is 4. The van der Waals surface area contributed by atoms with Gasteiger partial charge in [-0.15, -0.1) is 0 Å². The summed E-state index contributed by atoms with van der Waals surface area (Å²) in [6.07, 6.45) is 8.83. The quantitative estimate of drug-likeness (QED) is 0.697. The molecule has 0 radical (unpaired) electrons. The molecular formula is C26H39N5O. The lowest BCUT2D eigenvalue weighted by Gasteiger charge is -2.28. The second-order valence-corrected chi connectivity index (χ2v) is 9.59. The molecule has 2 aromatic rings. The number of nitrogens with zero attached hydrogens (tertiary/aromatic N) is 4. The molecule has 6 nitrogen and oxygen atoms in total. The molecule has 1 aliphatic carbocycles. The number of carbonyl (C=O) groups excluding carboxylic acids is 1. The van der Waals surface area contributed by atoms with Crippen LogP contribution in [0.5, 0.6) is 0 Å². The number of benzene rings is 1. The van der Waals surface area contributed by atoms with Crippen LogP contribution in [-0.2, 0) is 4.79 Å². The SMILES string of the molecule is Cc1nn(-c2ccccc2)c(C)c1NC(=O)CCN1CCCN(CC2CCCCC2)CC1. The number of aromatic nitrogens is 2. The minimum absolute atomic E-state index is 0.0760. The van der Waals surface area contributed by atoms with Gasteiger partial charge in [0, 0.05) is 32.6 Å². The van der Waals surface area contributed by atoms with Crippen LogP contribution < -0.4 is 5.32 Å². The van der Waals surface area contributed by atoms with Gasteiger partial charge in [0.15, 0.2) is 0 Å². The van der Waals surface area contributed by atoms with Crippen molar-refractivity contribution in [2.24, 2.45) is 5.92 Å². The zero-order chi connectivity index (χ0) is 22.3. The van der Waals surface area contributed by atoms with Crippen LogP contribution in [0.2, 0.25) is 0 Å². The van der Waals surface area contributed by atoms with Crippen LogP contribution in [-0.4, -0.2) is 64.8 Å². The van der Waals surface area contributed by atoms with Gasteiger partial charge in [0.25, 0.3) is 0 Å². The molecule has 0 atom stereocenters. The van der Waals surface area contributed by atoms with Gasteiger partial charge in [-0.25, -0.2) is 4.68 Å². The minimum Gasteiger partial charge on any atom is -0.323 e. The molecule has 0 unspecified atom stereocenters. The number of aryl methyl sites for hydroxylation is 1. The van der Waals surface area contributed by atoms with Crippen LogP contribution >= 0.6 is 0 Å². The lowest BCUT2D eigenvalue weighted by atomic mass is 9.89. The van der Waals surface area contributed by atoms with E-state index < -0.39 is 0 Å². The number of amides is 1. The third-order valence-corrected chi connectivity index (χ3v) is 7.13. The highest BCUT2D eigenvalue weighted by Gasteiger charge is 2.21. The molecule has 4 rings (SSSR count). The summed E-state index contributed by atoms with van der Waals surface area (Å²) in [6, 6.07) is 10.1. The van der Waals surface area contributed by atoms with E-state index in [1.54, 1.807) is 0 Å². The molecule has 1 amide bonds. The molecule has 1 aliphatic heterocycles. The van der Waals surface area contributed by atoms with Gasteiger partial charge < -0.3 is 15.1 Å². The van der Waals surface area contributed by atoms with Gasteiger partial charge in [-0.05, 0) is 64.3 Å². The zero-order valence-electron chi connectivity index (χ0n) is 19.9. The molecule has 0 bridgehead atoms. The van der Waals surface area contributed by atoms with Crippen LogP contribution in [0, 0.1) is 19.8 Å². The standard InChI is InChI=1S/C26H39N5O/c1-21-26(22(2)31(28-21)24-12-7-4-8-13-24)27-25(32)14-17-29-15-9-16-30(19-18-29)20-23-10-5-3-6-11-23/h4,7-8,12-13,23H,3,5-6,9-11,14-20H2,1-2H3,(H,27,32). The number of para-hydroxylation sites is 1. The van der Waals surface area contributed by atoms with Gasteiger partial charge in [0.1, 0.15) is 0 Å². The van der Waals surface area contributed by atoms with Crippen molar-refractivity contribution in [2.75, 3.05) is 44.6 Å². The molecule has 2 fully saturated rings. The van der Waals surface area contributed by atoms with Crippen molar-refractivity contribution >= 4 is 11.6 Å². The molecule has 32 heavy (non-hydrogen) atoms. The van der Waals surface area contributed by atoms with Gasteiger partial charge >= 0.3 is 0 Å². The van der Waals surface area contributed by atoms with E-state index in [1.165, 1.54) is 51.6 Å². The highest BCUT2D eigenvalue weighted by atomic mass is 16.1. The number of anilines is 1. The van der Waals surface area contributed by atoms with E-state index in [-0.39, 0.29) is 5.91 Å². The first-order valence-electron chi connectivity index (χ1n) is 12.5. The Morgan fingerprint density at radius 2 is 1.69 bits per heavy atom. The van der Waals surface area contributed by atoms with Crippen molar-refractivity contribution in [2.45, 2.75) is 58.8 Å². The fourth-order valence-corrected chi connectivity index (χ4v) is 5.27. The monoisotopic (exact) mass is 437 g/mol. The third-order valence-electron chi connectivity index (χ3n) is 7.13. The van der Waals surface area contributed by atoms with Crippen LogP contribution in [0.3, 0.4) is 0 Å². The molecular weight excluding hydrogens is 398 g/mol. The average molecular weight is 438 g/mol. The van der Waals surface area contributed by atoms with E-state index >= 15 is 0 Å². The number of carbonyl (C=O) groups is 1. The highest BCUT2D eigenvalue weighted by Crippen LogP contribution is 2.25. The first-order chi connectivity index (χ1) is 15.6. The molecule has 1 aromatic carbocycles. The second kappa shape index (κ2) is 11.1. The van der Waals surface area contributed by atoms with E-state index in [0.717, 1.165) is 54.9 Å². The topological polar surface area (TPSA) is 53.4 Å². The summed E-state index contributed by atoms with van der Waals surface area (Å²) < 4.78 is 1.90. The van der Waals surface area contributed by atoms with Gasteiger partial charge in [0.05, 0.1) is 22.8 Å². The molecule has 6 heteroatoms. The summed E-state index contributed by atoms with van der Waals surface area (Å²) in [4.78, 5) is 17.9. The molecule has 1 N–H and O–H groups in total. The lowest BCUT2D eigenvalue weighted by Crippen LogP contribution is -2.35. The molecule has 2 aliphatic rings. The van der Waals surface area contributed by atoms with Crippen molar-refractivity contribution in [3.8, 4) is 5.69 Å². The van der Waals surface area contributed by atoms with Crippen LogP contribution in [0.1, 0.15) is 56.3 Å². The predicted molar refractivity (Wildman–Crippen MR) is 130 cm³/mol. The van der Waals surface area contributed by atoms with Crippen molar-refractivity contribution in [1.82, 2.24) is 19.6 Å². The largest absolute Gasteiger partial charge is 0.323 e. The Morgan fingerprint density at radius 3 is 2.47 bits per heavy atom. The van der Waals surface area contributed by atoms with Crippen LogP contribution in [0.25, 0.3) is 5.69 Å². The van der Waals surface area contributed by atoms with Gasteiger partial charge in [-0.2, -0.15) is 5.10 Å². The Balaban J connectivity index is 1.25. The summed E-state index contributed by atoms with van der Waals surface area (Å²) in [5.74, 6) is 0.983. The van der Waals surface area contributed by atoms with E-state index in [9.17, 15) is 4.79 Å². The van der Waals surface area contributed by atoms with Gasteiger partial charge in [-0.1, -0.05) is 37.5 Å². The normalized spacial score (nSPS) is 19.1. The summed E-state index contributed by atoms with van der Waals surface area (Å²) >= 11 is 0. The fraction of sp³-hybridized carbons (Fsp3) is 0.615. The number of rotatable bonds is 7. The van der Waals surface area contributed by atoms with Crippen molar-refractivity contribution < 1.29 is 4.79 Å². The maximum atomic E-state index is 12.7. The summed E-state index contributed by atoms with van der Waals surface area (Å²) in [5, 5.41) is 7.77. The van der Waals surface area contributed by atoms with E-state index in [2.05, 4.69) is 20.2 Å². The smallest absolute Gasteiger partial charge is 0.225 e. The summed E-state index contributed by atoms with van der Waals surface area (Å²) in [7, 11) is 0. The Morgan fingerprint density at radius 1 is 0.969 bits per heavy atom. The molecule has 1 aromatic heterocycles. The van der Waals surface area contributed by atoms with E-state index in [4.69, 9.17) is 0 Å². The predicted octanol–water partition coefficient (Wildman–Crippen LogP) is 4.41. The Labute approximate surface area is 193 Å². The Bertz CT molecular complexity index is 872. The molecule has 1 saturated carbocycles. The zero-order valence-corrected chi connectivity index (χ0v) is 19.9. The average Bonchev–Trinajstić information content (AvgIpc) is 2.96. The lowest BCUT2D eigenvalue weighted by molar-refractivity contribution is -0.116. The maximum absolute atomic E-state index is 12.7. The molecule has 1 saturated heterocycles. The van der Waals surface area contributed by atoms with E-state index in [0.29, 0.717) is 6.42 Å². The van der Waals surface area contributed by atoms with Crippen molar-refractivity contribution in [3.63, 3.8) is 0 Å². The van der Waals surface area contributed by atoms with E-state index in [1.807, 2.05) is 48.9 Å². The molecule has 174 valence electrons. The first-order valence-corrected chi connectivity index (χ1v) is 12.5. The summed E-state index contributed by atoms with van der Waals surface area (Å²) in [5.41, 5.74) is 3.67. The van der Waals surface area contributed by atoms with Gasteiger partial charge in [-0.3, -0.25) is 4.79 Å². The minimum atomic E-state index is 0.0760. The fourth-order valence-electron chi connectivity index (χ4n) is 5.27. The first kappa shape index (κ1) is 23.0. The van der Waals surface area contributed by atoms with Crippen LogP contribution in [0.15, 0.2) is 30.3 Å². The van der Waals surface area contributed by atoms with Crippen LogP contribution in [0.4, 0.5) is 5.69 Å². The Kier molecular flexibility index (Phi) is 7.98. The number of hydrogen-bond donors (Lipinski definition) is 1. The highest BCUT2D eigenvalue weighted by molar-refractivity contribution is 5.92. The molecule has 0 spiro atoms. The van der Waals surface area contributed by atoms with Crippen molar-refractivity contribution in [3.05, 3.63) is 41.7 Å². The Hall–Kier alpha value is -2.18. The summed E-state index contributed by atoms with van der Waals surface area (Å²) in [6.45, 7) is 10.6. The second-order valence-electron chi connectivity index (χ2n) is 9.59. The van der Waals surface area contributed by atoms with Gasteiger partial charge in [0.2, 0.25) is 5.91 Å². The van der Waals surface area contributed by atoms with Crippen molar-refractivity contribution in [1.29, 1.82) is 0 Å².